The summed E-state index contributed by atoms with van der Waals surface area (Å²) >= 11 is 9.11. The molecule has 2 aromatic heterocycles. The normalized spacial score (nSPS) is 11.4. The number of aromatic nitrogens is 4. The van der Waals surface area contributed by atoms with Gasteiger partial charge in [-0.25, -0.2) is 4.68 Å². The van der Waals surface area contributed by atoms with Crippen molar-refractivity contribution in [1.82, 2.24) is 19.3 Å². The minimum Gasteiger partial charge on any atom is -0.327 e. The first-order chi connectivity index (χ1) is 10.0. The van der Waals surface area contributed by atoms with Crippen LogP contribution in [0.1, 0.15) is 24.6 Å². The maximum absolute atomic E-state index is 5.52. The van der Waals surface area contributed by atoms with Gasteiger partial charge < -0.3 is 4.98 Å². The summed E-state index contributed by atoms with van der Waals surface area (Å²) in [6.07, 6.45) is 2.01. The molecule has 3 aromatic rings. The first-order valence-electron chi connectivity index (χ1n) is 6.96. The molecule has 0 fully saturated rings. The van der Waals surface area contributed by atoms with Crippen LogP contribution in [0.3, 0.4) is 0 Å². The van der Waals surface area contributed by atoms with Crippen LogP contribution in [-0.4, -0.2) is 19.3 Å². The van der Waals surface area contributed by atoms with Crippen LogP contribution in [0.25, 0.3) is 16.9 Å². The Bertz CT molecular complexity index is 872. The summed E-state index contributed by atoms with van der Waals surface area (Å²) in [7, 11) is 1.96. The number of fused-ring (bicyclic) bond motifs is 1. The Kier molecular flexibility index (Phi) is 3.75. The number of imidazole rings is 1. The Morgan fingerprint density at radius 2 is 2.14 bits per heavy atom. The van der Waals surface area contributed by atoms with Crippen molar-refractivity contribution in [3.8, 4) is 5.69 Å². The highest BCUT2D eigenvalue weighted by atomic mass is 79.9. The number of H-pyrrole nitrogens is 1. The Morgan fingerprint density at radius 1 is 1.38 bits per heavy atom. The lowest BCUT2D eigenvalue weighted by molar-refractivity contribution is 0.735. The van der Waals surface area contributed by atoms with E-state index in [9.17, 15) is 0 Å². The molecule has 6 heteroatoms. The largest absolute Gasteiger partial charge is 0.327 e. The van der Waals surface area contributed by atoms with Crippen LogP contribution in [-0.2, 0) is 13.5 Å². The molecule has 110 valence electrons. The summed E-state index contributed by atoms with van der Waals surface area (Å²) in [6.45, 7) is 4.23. The van der Waals surface area contributed by atoms with Crippen LogP contribution in [0.15, 0.2) is 22.7 Å². The van der Waals surface area contributed by atoms with E-state index in [0.717, 1.165) is 39.9 Å². The van der Waals surface area contributed by atoms with E-state index in [1.807, 2.05) is 16.3 Å². The molecule has 0 saturated carbocycles. The van der Waals surface area contributed by atoms with Gasteiger partial charge in [0.1, 0.15) is 5.52 Å². The van der Waals surface area contributed by atoms with E-state index in [1.54, 1.807) is 0 Å². The first kappa shape index (κ1) is 14.5. The number of aryl methyl sites for hydroxylation is 3. The van der Waals surface area contributed by atoms with Crippen molar-refractivity contribution in [2.75, 3.05) is 0 Å². The molecule has 2 heterocycles. The van der Waals surface area contributed by atoms with Gasteiger partial charge in [0, 0.05) is 11.5 Å². The molecule has 0 bridgehead atoms. The van der Waals surface area contributed by atoms with Crippen molar-refractivity contribution in [2.45, 2.75) is 26.7 Å². The van der Waals surface area contributed by atoms with Gasteiger partial charge in [-0.15, -0.1) is 0 Å². The Labute approximate surface area is 136 Å². The molecule has 1 N–H and O–H groups in total. The van der Waals surface area contributed by atoms with Crippen molar-refractivity contribution < 1.29 is 0 Å². The molecule has 1 aromatic carbocycles. The highest BCUT2D eigenvalue weighted by Gasteiger charge is 2.16. The van der Waals surface area contributed by atoms with E-state index >= 15 is 0 Å². The van der Waals surface area contributed by atoms with E-state index in [4.69, 9.17) is 12.2 Å². The third-order valence-corrected chi connectivity index (χ3v) is 4.78. The first-order valence-corrected chi connectivity index (χ1v) is 8.16. The summed E-state index contributed by atoms with van der Waals surface area (Å²) in [5.74, 6) is 0. The van der Waals surface area contributed by atoms with E-state index in [-0.39, 0.29) is 0 Å². The molecule has 0 aliphatic rings. The van der Waals surface area contributed by atoms with Gasteiger partial charge in [0.2, 0.25) is 0 Å². The van der Waals surface area contributed by atoms with Gasteiger partial charge in [0.25, 0.3) is 0 Å². The molecule has 0 radical (unpaired) electrons. The van der Waals surface area contributed by atoms with Gasteiger partial charge in [-0.05, 0) is 43.3 Å². The highest BCUT2D eigenvalue weighted by Crippen LogP contribution is 2.25. The fourth-order valence-corrected chi connectivity index (χ4v) is 3.25. The van der Waals surface area contributed by atoms with Gasteiger partial charge in [0.05, 0.1) is 11.4 Å². The second-order valence-corrected chi connectivity index (χ2v) is 6.46. The number of nitrogens with zero attached hydrogens (tertiary/aromatic N) is 3. The van der Waals surface area contributed by atoms with E-state index < -0.39 is 0 Å². The summed E-state index contributed by atoms with van der Waals surface area (Å²) in [5.41, 5.74) is 5.37. The SMILES string of the molecule is CCCc1nn(C)c2c1[nH]c(=S)n2-c1ccc(C)c(Br)c1. The summed E-state index contributed by atoms with van der Waals surface area (Å²) in [5, 5.41) is 4.61. The zero-order valence-electron chi connectivity index (χ0n) is 12.3. The van der Waals surface area contributed by atoms with Gasteiger partial charge >= 0.3 is 0 Å². The fraction of sp³-hybridized carbons (Fsp3) is 0.333. The number of aromatic amines is 1. The summed E-state index contributed by atoms with van der Waals surface area (Å²) in [4.78, 5) is 3.31. The third-order valence-electron chi connectivity index (χ3n) is 3.64. The molecule has 3 rings (SSSR count). The summed E-state index contributed by atoms with van der Waals surface area (Å²) in [6, 6.07) is 6.25. The number of hydrogen-bond donors (Lipinski definition) is 1. The zero-order valence-corrected chi connectivity index (χ0v) is 14.7. The van der Waals surface area contributed by atoms with Crippen LogP contribution in [0, 0.1) is 11.7 Å². The molecular weight excluding hydrogens is 348 g/mol. The monoisotopic (exact) mass is 364 g/mol. The van der Waals surface area contributed by atoms with Crippen molar-refractivity contribution in [3.05, 3.63) is 38.7 Å². The average molecular weight is 365 g/mol. The van der Waals surface area contributed by atoms with Crippen LogP contribution < -0.4 is 0 Å². The lowest BCUT2D eigenvalue weighted by atomic mass is 10.2. The predicted octanol–water partition coefficient (Wildman–Crippen LogP) is 4.45. The smallest absolute Gasteiger partial charge is 0.184 e. The lowest BCUT2D eigenvalue weighted by Crippen LogP contribution is -2.01. The average Bonchev–Trinajstić information content (AvgIpc) is 2.92. The minimum absolute atomic E-state index is 0.700. The van der Waals surface area contributed by atoms with Gasteiger partial charge in [0.15, 0.2) is 10.4 Å². The van der Waals surface area contributed by atoms with Crippen LogP contribution in [0.5, 0.6) is 0 Å². The second kappa shape index (κ2) is 5.42. The Morgan fingerprint density at radius 3 is 2.81 bits per heavy atom. The number of halogens is 1. The predicted molar refractivity (Wildman–Crippen MR) is 91.7 cm³/mol. The van der Waals surface area contributed by atoms with Crippen molar-refractivity contribution >= 4 is 39.3 Å². The highest BCUT2D eigenvalue weighted by molar-refractivity contribution is 9.10. The Balaban J connectivity index is 2.29. The third kappa shape index (κ3) is 2.36. The minimum atomic E-state index is 0.700. The second-order valence-electron chi connectivity index (χ2n) is 5.22. The molecule has 0 aliphatic carbocycles. The van der Waals surface area contributed by atoms with Crippen molar-refractivity contribution in [2.24, 2.45) is 7.05 Å². The maximum atomic E-state index is 5.52. The van der Waals surface area contributed by atoms with Gasteiger partial charge in [-0.1, -0.05) is 35.3 Å². The van der Waals surface area contributed by atoms with E-state index in [1.165, 1.54) is 5.56 Å². The standard InChI is InChI=1S/C15H17BrN4S/c1-4-5-12-13-14(19(3)18-12)20(15(21)17-13)10-7-6-9(2)11(16)8-10/h6-8H,4-5H2,1-3H3,(H,17,21). The molecule has 0 atom stereocenters. The number of hydrogen-bond acceptors (Lipinski definition) is 2. The zero-order chi connectivity index (χ0) is 15.1. The lowest BCUT2D eigenvalue weighted by Gasteiger charge is -2.07. The van der Waals surface area contributed by atoms with Crippen LogP contribution in [0.4, 0.5) is 0 Å². The van der Waals surface area contributed by atoms with Gasteiger partial charge in [-0.2, -0.15) is 5.10 Å². The number of benzene rings is 1. The molecular formula is C15H17BrN4S. The number of nitrogens with one attached hydrogen (secondary N) is 1. The van der Waals surface area contributed by atoms with Gasteiger partial charge in [-0.3, -0.25) is 4.57 Å². The van der Waals surface area contributed by atoms with E-state index in [0.29, 0.717) is 4.77 Å². The quantitative estimate of drug-likeness (QED) is 0.697. The molecule has 0 aliphatic heterocycles. The molecule has 0 unspecified atom stereocenters. The molecule has 4 nitrogen and oxygen atoms in total. The molecule has 21 heavy (non-hydrogen) atoms. The topological polar surface area (TPSA) is 38.5 Å². The van der Waals surface area contributed by atoms with Crippen LogP contribution >= 0.6 is 28.1 Å². The van der Waals surface area contributed by atoms with E-state index in [2.05, 4.69) is 58.1 Å². The van der Waals surface area contributed by atoms with Crippen molar-refractivity contribution in [1.29, 1.82) is 0 Å². The maximum Gasteiger partial charge on any atom is 0.184 e. The number of rotatable bonds is 3. The van der Waals surface area contributed by atoms with Crippen molar-refractivity contribution in [3.63, 3.8) is 0 Å². The molecule has 0 saturated heterocycles. The molecule has 0 spiro atoms. The van der Waals surface area contributed by atoms with Crippen LogP contribution in [0.2, 0.25) is 0 Å². The summed E-state index contributed by atoms with van der Waals surface area (Å²) < 4.78 is 5.72. The fourth-order valence-electron chi connectivity index (χ4n) is 2.59. The Hall–Kier alpha value is -1.40. The molecule has 0 amide bonds.